The number of aromatic nitrogens is 2. The Morgan fingerprint density at radius 2 is 2.12 bits per heavy atom. The van der Waals surface area contributed by atoms with Crippen LogP contribution in [0, 0.1) is 0 Å². The van der Waals surface area contributed by atoms with Crippen molar-refractivity contribution >= 4 is 5.91 Å². The molecule has 1 aromatic heterocycles. The van der Waals surface area contributed by atoms with Gasteiger partial charge in [-0.25, -0.2) is 4.98 Å². The average Bonchev–Trinajstić information content (AvgIpc) is 3.42. The van der Waals surface area contributed by atoms with Crippen molar-refractivity contribution < 1.29 is 9.53 Å². The Bertz CT molecular complexity index is 841. The van der Waals surface area contributed by atoms with Gasteiger partial charge in [0.25, 0.3) is 11.5 Å². The SMILES string of the molecule is CC1COc2ccccc2CN1C(=O)c1cc(=O)[nH]c(C2CC2)n1. The van der Waals surface area contributed by atoms with Crippen LogP contribution in [0.25, 0.3) is 0 Å². The molecule has 2 heterocycles. The number of hydrogen-bond acceptors (Lipinski definition) is 4. The first-order valence-corrected chi connectivity index (χ1v) is 8.25. The van der Waals surface area contributed by atoms with Gasteiger partial charge in [-0.05, 0) is 25.8 Å². The molecule has 1 atom stereocenters. The number of para-hydroxylation sites is 1. The lowest BCUT2D eigenvalue weighted by atomic mass is 10.1. The summed E-state index contributed by atoms with van der Waals surface area (Å²) in [4.78, 5) is 33.7. The third-order valence-electron chi connectivity index (χ3n) is 4.53. The molecule has 1 aliphatic heterocycles. The van der Waals surface area contributed by atoms with Crippen LogP contribution >= 0.6 is 0 Å². The average molecular weight is 325 g/mol. The second kappa shape index (κ2) is 5.78. The molecule has 4 rings (SSSR count). The van der Waals surface area contributed by atoms with Crippen molar-refractivity contribution in [2.24, 2.45) is 0 Å². The number of ether oxygens (including phenoxy) is 1. The number of carbonyl (C=O) groups excluding carboxylic acids is 1. The van der Waals surface area contributed by atoms with E-state index in [1.807, 2.05) is 31.2 Å². The van der Waals surface area contributed by atoms with Gasteiger partial charge in [-0.2, -0.15) is 0 Å². The van der Waals surface area contributed by atoms with Crippen LogP contribution in [0.2, 0.25) is 0 Å². The molecular formula is C18H19N3O3. The standard InChI is InChI=1S/C18H19N3O3/c1-11-10-24-15-5-3-2-4-13(15)9-21(11)18(23)14-8-16(22)20-17(19-14)12-6-7-12/h2-5,8,11-12H,6-7,9-10H2,1H3,(H,19,20,22). The highest BCUT2D eigenvalue weighted by atomic mass is 16.5. The molecule has 1 aliphatic carbocycles. The molecule has 1 saturated carbocycles. The van der Waals surface area contributed by atoms with Crippen molar-refractivity contribution in [2.45, 2.75) is 38.3 Å². The van der Waals surface area contributed by atoms with Gasteiger partial charge in [0, 0.05) is 17.5 Å². The van der Waals surface area contributed by atoms with Crippen molar-refractivity contribution in [3.05, 3.63) is 57.8 Å². The van der Waals surface area contributed by atoms with Gasteiger partial charge in [-0.1, -0.05) is 18.2 Å². The van der Waals surface area contributed by atoms with Crippen molar-refractivity contribution in [1.82, 2.24) is 14.9 Å². The minimum absolute atomic E-state index is 0.102. The first kappa shape index (κ1) is 14.9. The highest BCUT2D eigenvalue weighted by Crippen LogP contribution is 2.37. The van der Waals surface area contributed by atoms with Crippen molar-refractivity contribution in [1.29, 1.82) is 0 Å². The molecule has 0 bridgehead atoms. The van der Waals surface area contributed by atoms with Crippen LogP contribution in [-0.2, 0) is 6.54 Å². The summed E-state index contributed by atoms with van der Waals surface area (Å²) in [7, 11) is 0. The third kappa shape index (κ3) is 2.79. The van der Waals surface area contributed by atoms with Crippen LogP contribution in [0.1, 0.15) is 47.6 Å². The topological polar surface area (TPSA) is 75.3 Å². The largest absolute Gasteiger partial charge is 0.491 e. The fourth-order valence-electron chi connectivity index (χ4n) is 2.97. The summed E-state index contributed by atoms with van der Waals surface area (Å²) in [6.07, 6.45) is 2.03. The number of H-pyrrole nitrogens is 1. The molecule has 2 aliphatic rings. The molecule has 6 heteroatoms. The minimum Gasteiger partial charge on any atom is -0.491 e. The first-order chi connectivity index (χ1) is 11.6. The summed E-state index contributed by atoms with van der Waals surface area (Å²) in [5.41, 5.74) is 0.906. The molecule has 1 amide bonds. The van der Waals surface area contributed by atoms with Gasteiger partial charge in [0.15, 0.2) is 0 Å². The van der Waals surface area contributed by atoms with Gasteiger partial charge >= 0.3 is 0 Å². The van der Waals surface area contributed by atoms with Gasteiger partial charge in [-0.3, -0.25) is 9.59 Å². The number of fused-ring (bicyclic) bond motifs is 1. The Hall–Kier alpha value is -2.63. The Kier molecular flexibility index (Phi) is 3.59. The molecule has 1 aromatic carbocycles. The normalized spacial score (nSPS) is 20.0. The quantitative estimate of drug-likeness (QED) is 0.917. The van der Waals surface area contributed by atoms with Crippen LogP contribution in [0.5, 0.6) is 5.75 Å². The Morgan fingerprint density at radius 3 is 2.92 bits per heavy atom. The Labute approximate surface area is 139 Å². The number of carbonyl (C=O) groups is 1. The summed E-state index contributed by atoms with van der Waals surface area (Å²) in [6.45, 7) is 2.81. The lowest BCUT2D eigenvalue weighted by Crippen LogP contribution is -2.40. The molecule has 1 N–H and O–H groups in total. The number of aromatic amines is 1. The van der Waals surface area contributed by atoms with E-state index >= 15 is 0 Å². The summed E-state index contributed by atoms with van der Waals surface area (Å²) in [6, 6.07) is 8.90. The van der Waals surface area contributed by atoms with E-state index in [0.717, 1.165) is 24.2 Å². The van der Waals surface area contributed by atoms with E-state index in [0.29, 0.717) is 19.0 Å². The number of nitrogens with one attached hydrogen (secondary N) is 1. The fourth-order valence-corrected chi connectivity index (χ4v) is 2.97. The second-order valence-electron chi connectivity index (χ2n) is 6.49. The first-order valence-electron chi connectivity index (χ1n) is 8.25. The third-order valence-corrected chi connectivity index (χ3v) is 4.53. The molecule has 0 radical (unpaired) electrons. The number of amides is 1. The van der Waals surface area contributed by atoms with Gasteiger partial charge in [0.2, 0.25) is 0 Å². The molecule has 2 aromatic rings. The summed E-state index contributed by atoms with van der Waals surface area (Å²) in [5, 5.41) is 0. The monoisotopic (exact) mass is 325 g/mol. The van der Waals surface area contributed by atoms with Gasteiger partial charge in [0.05, 0.1) is 12.6 Å². The maximum atomic E-state index is 13.0. The summed E-state index contributed by atoms with van der Waals surface area (Å²) in [5.74, 6) is 1.49. The van der Waals surface area contributed by atoms with Gasteiger partial charge in [0.1, 0.15) is 23.9 Å². The lowest BCUT2D eigenvalue weighted by Gasteiger charge is -2.26. The van der Waals surface area contributed by atoms with E-state index < -0.39 is 0 Å². The molecule has 0 saturated heterocycles. The zero-order chi connectivity index (χ0) is 16.7. The van der Waals surface area contributed by atoms with Gasteiger partial charge < -0.3 is 14.6 Å². The highest BCUT2D eigenvalue weighted by Gasteiger charge is 2.30. The number of rotatable bonds is 2. The number of hydrogen-bond donors (Lipinski definition) is 1. The van der Waals surface area contributed by atoms with E-state index in [1.54, 1.807) is 4.90 Å². The van der Waals surface area contributed by atoms with E-state index in [9.17, 15) is 9.59 Å². The van der Waals surface area contributed by atoms with E-state index in [4.69, 9.17) is 4.74 Å². The maximum Gasteiger partial charge on any atom is 0.273 e. The van der Waals surface area contributed by atoms with Crippen molar-refractivity contribution in [3.8, 4) is 5.75 Å². The predicted octanol–water partition coefficient (Wildman–Crippen LogP) is 2.07. The Morgan fingerprint density at radius 1 is 1.33 bits per heavy atom. The molecule has 1 unspecified atom stereocenters. The zero-order valence-corrected chi connectivity index (χ0v) is 13.5. The van der Waals surface area contributed by atoms with Crippen LogP contribution in [0.3, 0.4) is 0 Å². The second-order valence-corrected chi connectivity index (χ2v) is 6.49. The van der Waals surface area contributed by atoms with Crippen molar-refractivity contribution in [2.75, 3.05) is 6.61 Å². The van der Waals surface area contributed by atoms with Crippen LogP contribution in [0.4, 0.5) is 0 Å². The van der Waals surface area contributed by atoms with E-state index in [2.05, 4.69) is 9.97 Å². The smallest absolute Gasteiger partial charge is 0.273 e. The molecular weight excluding hydrogens is 306 g/mol. The molecule has 6 nitrogen and oxygen atoms in total. The lowest BCUT2D eigenvalue weighted by molar-refractivity contribution is 0.0638. The molecule has 0 spiro atoms. The van der Waals surface area contributed by atoms with E-state index in [-0.39, 0.29) is 29.1 Å². The Balaban J connectivity index is 1.67. The maximum absolute atomic E-state index is 13.0. The highest BCUT2D eigenvalue weighted by molar-refractivity contribution is 5.92. The summed E-state index contributed by atoms with van der Waals surface area (Å²) >= 11 is 0. The van der Waals surface area contributed by atoms with Crippen LogP contribution in [-0.4, -0.2) is 33.4 Å². The van der Waals surface area contributed by atoms with Crippen molar-refractivity contribution in [3.63, 3.8) is 0 Å². The summed E-state index contributed by atoms with van der Waals surface area (Å²) < 4.78 is 5.79. The zero-order valence-electron chi connectivity index (χ0n) is 13.5. The molecule has 1 fully saturated rings. The number of benzene rings is 1. The minimum atomic E-state index is -0.269. The fraction of sp³-hybridized carbons (Fsp3) is 0.389. The van der Waals surface area contributed by atoms with E-state index in [1.165, 1.54) is 6.07 Å². The van der Waals surface area contributed by atoms with Crippen LogP contribution < -0.4 is 10.3 Å². The van der Waals surface area contributed by atoms with Gasteiger partial charge in [-0.15, -0.1) is 0 Å². The molecule has 124 valence electrons. The molecule has 24 heavy (non-hydrogen) atoms. The van der Waals surface area contributed by atoms with Crippen LogP contribution in [0.15, 0.2) is 35.1 Å². The predicted molar refractivity (Wildman–Crippen MR) is 88.1 cm³/mol. The number of nitrogens with zero attached hydrogens (tertiary/aromatic N) is 2.